The quantitative estimate of drug-likeness (QED) is 0.350. The van der Waals surface area contributed by atoms with Crippen molar-refractivity contribution in [2.24, 2.45) is 0 Å². The molecule has 1 nitrogen and oxygen atoms in total. The van der Waals surface area contributed by atoms with Gasteiger partial charge in [0.2, 0.25) is 0 Å². The van der Waals surface area contributed by atoms with Crippen molar-refractivity contribution >= 4 is 49.0 Å². The van der Waals surface area contributed by atoms with Crippen molar-refractivity contribution in [3.05, 3.63) is 109 Å². The first-order valence-electron chi connectivity index (χ1n) is 9.99. The van der Waals surface area contributed by atoms with Crippen molar-refractivity contribution in [1.29, 1.82) is 0 Å². The molecule has 3 aromatic rings. The van der Waals surface area contributed by atoms with Crippen molar-refractivity contribution < 1.29 is 5.11 Å². The van der Waals surface area contributed by atoms with Gasteiger partial charge in [0.1, 0.15) is 5.60 Å². The largest absolute Gasteiger partial charge is 0.381 e. The average Bonchev–Trinajstić information content (AvgIpc) is 2.71. The van der Waals surface area contributed by atoms with Crippen LogP contribution in [0.5, 0.6) is 0 Å². The second kappa shape index (κ2) is 8.63. The molecule has 1 N–H and O–H groups in total. The molecule has 2 unspecified atom stereocenters. The Hall–Kier alpha value is -1.39. The number of rotatable bonds is 3. The molecule has 0 bridgehead atoms. The number of aliphatic hydroxyl groups is 1. The first kappa shape index (κ1) is 21.8. The molecule has 3 aromatic carbocycles. The third-order valence-corrected chi connectivity index (χ3v) is 7.76. The maximum Gasteiger partial charge on any atom is 0.110 e. The molecule has 0 aromatic heterocycles. The smallest absolute Gasteiger partial charge is 0.110 e. The second-order valence-electron chi connectivity index (χ2n) is 8.12. The van der Waals surface area contributed by atoms with Crippen molar-refractivity contribution in [2.75, 3.05) is 0 Å². The Kier molecular flexibility index (Phi) is 6.28. The van der Waals surface area contributed by atoms with E-state index < -0.39 is 5.60 Å². The molecule has 0 saturated carbocycles. The highest BCUT2D eigenvalue weighted by Crippen LogP contribution is 2.49. The van der Waals surface area contributed by atoms with Gasteiger partial charge in [-0.1, -0.05) is 85.9 Å². The maximum atomic E-state index is 11.9. The van der Waals surface area contributed by atoms with Crippen molar-refractivity contribution in [2.45, 2.75) is 38.2 Å². The number of benzene rings is 3. The Balaban J connectivity index is 1.88. The second-order valence-corrected chi connectivity index (χ2v) is 10.2. The molecule has 0 aliphatic heterocycles. The van der Waals surface area contributed by atoms with Crippen LogP contribution < -0.4 is 0 Å². The lowest BCUT2D eigenvalue weighted by Crippen LogP contribution is -2.30. The number of aryl methyl sites for hydroxylation is 2. The molecule has 30 heavy (non-hydrogen) atoms. The van der Waals surface area contributed by atoms with Gasteiger partial charge < -0.3 is 5.11 Å². The van der Waals surface area contributed by atoms with E-state index in [1.54, 1.807) is 0 Å². The van der Waals surface area contributed by atoms with Crippen LogP contribution in [0.1, 0.15) is 46.6 Å². The minimum absolute atomic E-state index is 0.145. The summed E-state index contributed by atoms with van der Waals surface area (Å²) in [5.41, 5.74) is 5.56. The summed E-state index contributed by atoms with van der Waals surface area (Å²) in [6.45, 7) is 4.26. The number of hydrogen-bond donors (Lipinski definition) is 1. The Morgan fingerprint density at radius 3 is 2.33 bits per heavy atom. The van der Waals surface area contributed by atoms with Gasteiger partial charge in [0, 0.05) is 19.5 Å². The zero-order valence-electron chi connectivity index (χ0n) is 16.9. The molecule has 0 saturated heterocycles. The van der Waals surface area contributed by atoms with Crippen LogP contribution >= 0.6 is 43.5 Å². The van der Waals surface area contributed by atoms with E-state index in [1.807, 2.05) is 48.5 Å². The van der Waals surface area contributed by atoms with Gasteiger partial charge in [0.15, 0.2) is 0 Å². The van der Waals surface area contributed by atoms with Gasteiger partial charge in [-0.25, -0.2) is 0 Å². The summed E-state index contributed by atoms with van der Waals surface area (Å²) in [6.07, 6.45) is 3.42. The molecule has 4 rings (SSSR count). The molecule has 0 spiro atoms. The fourth-order valence-electron chi connectivity index (χ4n) is 4.36. The molecule has 1 aliphatic rings. The van der Waals surface area contributed by atoms with E-state index >= 15 is 0 Å². The lowest BCUT2D eigenvalue weighted by atomic mass is 9.72. The Bertz CT molecular complexity index is 1140. The molecule has 4 heteroatoms. The highest BCUT2D eigenvalue weighted by molar-refractivity contribution is 9.10. The number of halogens is 3. The van der Waals surface area contributed by atoms with E-state index in [-0.39, 0.29) is 5.92 Å². The van der Waals surface area contributed by atoms with Crippen LogP contribution in [0.15, 0.2) is 75.7 Å². The Morgan fingerprint density at radius 2 is 1.60 bits per heavy atom. The Morgan fingerprint density at radius 1 is 0.933 bits per heavy atom. The lowest BCUT2D eigenvalue weighted by molar-refractivity contribution is 0.0672. The molecule has 0 fully saturated rings. The van der Waals surface area contributed by atoms with Crippen molar-refractivity contribution in [3.8, 4) is 0 Å². The standard InChI is InChI=1S/C26H23Br2ClO/c1-16-11-21(24(28)12-17(16)2)19-13-18(20-7-3-5-9-23(20)27)14-26(30,15-19)22-8-4-6-10-25(22)29/h3-12,14,19,30H,13,15H2,1-2H3. The SMILES string of the molecule is Cc1cc(Br)c(C2CC(c3ccccc3Br)=CC(O)(c3ccccc3Cl)C2)cc1C. The minimum Gasteiger partial charge on any atom is -0.381 e. The highest BCUT2D eigenvalue weighted by atomic mass is 79.9. The monoisotopic (exact) mass is 544 g/mol. The molecular formula is C26H23Br2ClO. The minimum atomic E-state index is -1.15. The molecule has 154 valence electrons. The van der Waals surface area contributed by atoms with Gasteiger partial charge in [-0.2, -0.15) is 0 Å². The zero-order valence-corrected chi connectivity index (χ0v) is 20.9. The van der Waals surface area contributed by atoms with Crippen LogP contribution in [0.25, 0.3) is 5.57 Å². The summed E-state index contributed by atoms with van der Waals surface area (Å²) in [5, 5.41) is 12.5. The van der Waals surface area contributed by atoms with Gasteiger partial charge in [-0.15, -0.1) is 0 Å². The van der Waals surface area contributed by atoms with Crippen molar-refractivity contribution in [3.63, 3.8) is 0 Å². The summed E-state index contributed by atoms with van der Waals surface area (Å²) >= 11 is 14.0. The molecule has 0 heterocycles. The van der Waals surface area contributed by atoms with Crippen LogP contribution in [0.3, 0.4) is 0 Å². The van der Waals surface area contributed by atoms with Crippen molar-refractivity contribution in [1.82, 2.24) is 0 Å². The first-order chi connectivity index (χ1) is 14.3. The van der Waals surface area contributed by atoms with Gasteiger partial charge in [0.25, 0.3) is 0 Å². The first-order valence-corrected chi connectivity index (χ1v) is 12.0. The van der Waals surface area contributed by atoms with Gasteiger partial charge in [-0.05, 0) is 84.7 Å². The molecule has 2 atom stereocenters. The van der Waals surface area contributed by atoms with Crippen LogP contribution in [-0.4, -0.2) is 5.11 Å². The molecular weight excluding hydrogens is 524 g/mol. The summed E-state index contributed by atoms with van der Waals surface area (Å²) < 4.78 is 2.11. The van der Waals surface area contributed by atoms with E-state index in [0.717, 1.165) is 32.1 Å². The number of allylic oxidation sites excluding steroid dienone is 1. The maximum absolute atomic E-state index is 11.9. The summed E-state index contributed by atoms with van der Waals surface area (Å²) in [4.78, 5) is 0. The fraction of sp³-hybridized carbons (Fsp3) is 0.231. The van der Waals surface area contributed by atoms with Crippen LogP contribution in [-0.2, 0) is 5.60 Å². The van der Waals surface area contributed by atoms with E-state index in [1.165, 1.54) is 16.7 Å². The topological polar surface area (TPSA) is 20.2 Å². The third-order valence-electron chi connectivity index (χ3n) is 6.05. The van der Waals surface area contributed by atoms with E-state index in [0.29, 0.717) is 11.4 Å². The van der Waals surface area contributed by atoms with Crippen LogP contribution in [0.2, 0.25) is 5.02 Å². The molecule has 1 aliphatic carbocycles. The van der Waals surface area contributed by atoms with Crippen LogP contribution in [0, 0.1) is 13.8 Å². The van der Waals surface area contributed by atoms with E-state index in [2.05, 4.69) is 63.9 Å². The Labute approximate surface area is 200 Å². The van der Waals surface area contributed by atoms with E-state index in [9.17, 15) is 5.11 Å². The summed E-state index contributed by atoms with van der Waals surface area (Å²) in [5.74, 6) is 0.145. The van der Waals surface area contributed by atoms with E-state index in [4.69, 9.17) is 11.6 Å². The number of hydrogen-bond acceptors (Lipinski definition) is 1. The molecule has 0 amide bonds. The van der Waals surface area contributed by atoms with Gasteiger partial charge in [0.05, 0.1) is 0 Å². The summed E-state index contributed by atoms with van der Waals surface area (Å²) in [7, 11) is 0. The predicted octanol–water partition coefficient (Wildman–Crippen LogP) is 8.33. The highest BCUT2D eigenvalue weighted by Gasteiger charge is 2.38. The van der Waals surface area contributed by atoms with Gasteiger partial charge in [-0.3, -0.25) is 0 Å². The summed E-state index contributed by atoms with van der Waals surface area (Å²) in [6, 6.07) is 20.2. The zero-order chi connectivity index (χ0) is 21.5. The van der Waals surface area contributed by atoms with Gasteiger partial charge >= 0.3 is 0 Å². The van der Waals surface area contributed by atoms with Crippen LogP contribution in [0.4, 0.5) is 0 Å². The normalized spacial score (nSPS) is 21.4. The fourth-order valence-corrected chi connectivity index (χ4v) is 5.99. The lowest BCUT2D eigenvalue weighted by Gasteiger charge is -2.37. The third kappa shape index (κ3) is 4.18. The molecule has 0 radical (unpaired) electrons. The average molecular weight is 547 g/mol. The predicted molar refractivity (Wildman–Crippen MR) is 133 cm³/mol.